The molecule has 0 aromatic heterocycles. The highest BCUT2D eigenvalue weighted by molar-refractivity contribution is 6.01. The maximum Gasteiger partial charge on any atom is 0.252 e. The lowest BCUT2D eigenvalue weighted by Gasteiger charge is -2.31. The molecule has 2 atom stereocenters. The molecular weight excluding hydrogens is 568 g/mol. The first-order valence-corrected chi connectivity index (χ1v) is 13.9. The van der Waals surface area contributed by atoms with Gasteiger partial charge in [-0.2, -0.15) is 0 Å². The minimum atomic E-state index is -1.67. The first-order valence-electron chi connectivity index (χ1n) is 13.9. The quantitative estimate of drug-likeness (QED) is 0.0838. The maximum absolute atomic E-state index is 14.5. The Morgan fingerprint density at radius 2 is 1.70 bits per heavy atom. The van der Waals surface area contributed by atoms with Gasteiger partial charge in [0, 0.05) is 53.3 Å². The molecule has 5 rings (SSSR count). The molecular formula is C33H29F2N5O4. The van der Waals surface area contributed by atoms with E-state index in [1.165, 1.54) is 6.07 Å². The molecule has 0 spiro atoms. The van der Waals surface area contributed by atoms with Gasteiger partial charge in [-0.05, 0) is 47.5 Å². The van der Waals surface area contributed by atoms with Crippen LogP contribution >= 0.6 is 0 Å². The zero-order valence-electron chi connectivity index (χ0n) is 23.6. The van der Waals surface area contributed by atoms with Gasteiger partial charge < -0.3 is 19.9 Å². The fraction of sp³-hybridized carbons (Fsp3) is 0.212. The molecule has 0 unspecified atom stereocenters. The number of azide groups is 1. The fourth-order valence-electron chi connectivity index (χ4n) is 5.04. The third-order valence-electron chi connectivity index (χ3n) is 7.21. The number of rotatable bonds is 12. The van der Waals surface area contributed by atoms with E-state index in [9.17, 15) is 19.1 Å². The lowest BCUT2D eigenvalue weighted by Crippen LogP contribution is -2.49. The predicted octanol–water partition coefficient (Wildman–Crippen LogP) is 6.48. The molecule has 1 aliphatic rings. The van der Waals surface area contributed by atoms with Gasteiger partial charge in [0.1, 0.15) is 17.4 Å². The number of hydrogen-bond donors (Lipinski definition) is 2. The summed E-state index contributed by atoms with van der Waals surface area (Å²) in [5.41, 5.74) is 9.27. The molecule has 0 saturated carbocycles. The summed E-state index contributed by atoms with van der Waals surface area (Å²) in [6.45, 7) is -0.0750. The van der Waals surface area contributed by atoms with E-state index in [1.54, 1.807) is 48.5 Å². The third-order valence-corrected chi connectivity index (χ3v) is 7.21. The molecule has 9 nitrogen and oxygen atoms in total. The average Bonchev–Trinajstić information content (AvgIpc) is 3.42. The molecule has 44 heavy (non-hydrogen) atoms. The molecule has 0 bridgehead atoms. The number of nitrogens with zero attached hydrogens (tertiary/aromatic N) is 4. The van der Waals surface area contributed by atoms with Crippen molar-refractivity contribution in [2.24, 2.45) is 10.1 Å². The van der Waals surface area contributed by atoms with E-state index in [2.05, 4.69) is 15.3 Å². The van der Waals surface area contributed by atoms with E-state index in [0.717, 1.165) is 17.7 Å². The minimum Gasteiger partial charge on any atom is -0.494 e. The van der Waals surface area contributed by atoms with Crippen molar-refractivity contribution in [3.63, 3.8) is 0 Å². The summed E-state index contributed by atoms with van der Waals surface area (Å²) < 4.78 is 41.1. The van der Waals surface area contributed by atoms with E-state index in [4.69, 9.17) is 19.6 Å². The highest BCUT2D eigenvalue weighted by Gasteiger charge is 2.53. The van der Waals surface area contributed by atoms with Gasteiger partial charge in [-0.1, -0.05) is 65.8 Å². The Bertz CT molecular complexity index is 1670. The molecule has 224 valence electrons. The van der Waals surface area contributed by atoms with Crippen LogP contribution in [0.15, 0.2) is 107 Å². The van der Waals surface area contributed by atoms with Crippen LogP contribution in [0, 0.1) is 11.6 Å². The highest BCUT2D eigenvalue weighted by Crippen LogP contribution is 2.45. The molecule has 0 aliphatic carbocycles. The molecule has 11 heteroatoms. The average molecular weight is 598 g/mol. The Hall–Kier alpha value is -5.25. The smallest absolute Gasteiger partial charge is 0.252 e. The first kappa shape index (κ1) is 30.2. The number of carbonyl (C=O) groups is 1. The van der Waals surface area contributed by atoms with E-state index in [-0.39, 0.29) is 30.2 Å². The van der Waals surface area contributed by atoms with Crippen LogP contribution in [0.2, 0.25) is 0 Å². The Morgan fingerprint density at radius 1 is 1.00 bits per heavy atom. The molecule has 4 aromatic carbocycles. The number of hydrogen-bond acceptors (Lipinski definition) is 6. The SMILES string of the molecule is [N-]=[N+]=Nc1ccccc1[C@H]1OC(c2ccc(OCCCO)cc2)=N[C@@]1(Cc1ccccc1)C(=O)NCc1c(F)cccc1F. The largest absolute Gasteiger partial charge is 0.494 e. The van der Waals surface area contributed by atoms with Crippen molar-refractivity contribution in [3.05, 3.63) is 141 Å². The molecule has 0 saturated heterocycles. The Labute approximate surface area is 252 Å². The summed E-state index contributed by atoms with van der Waals surface area (Å²) in [6.07, 6.45) is -0.538. The van der Waals surface area contributed by atoms with E-state index >= 15 is 0 Å². The summed E-state index contributed by atoms with van der Waals surface area (Å²) in [4.78, 5) is 22.1. The van der Waals surface area contributed by atoms with Crippen molar-refractivity contribution in [2.45, 2.75) is 31.0 Å². The summed E-state index contributed by atoms with van der Waals surface area (Å²) in [5.74, 6) is -1.49. The van der Waals surface area contributed by atoms with Crippen molar-refractivity contribution in [1.29, 1.82) is 0 Å². The van der Waals surface area contributed by atoms with Crippen LogP contribution in [-0.2, 0) is 22.5 Å². The highest BCUT2D eigenvalue weighted by atomic mass is 19.1. The molecule has 1 amide bonds. The number of amides is 1. The van der Waals surface area contributed by atoms with Gasteiger partial charge in [0.2, 0.25) is 5.90 Å². The third kappa shape index (κ3) is 6.54. The van der Waals surface area contributed by atoms with Crippen molar-refractivity contribution < 1.29 is 28.2 Å². The van der Waals surface area contributed by atoms with Crippen molar-refractivity contribution >= 4 is 17.5 Å². The normalized spacial score (nSPS) is 17.2. The lowest BCUT2D eigenvalue weighted by atomic mass is 9.81. The van der Waals surface area contributed by atoms with Crippen LogP contribution in [0.3, 0.4) is 0 Å². The number of halogens is 2. The van der Waals surface area contributed by atoms with Crippen molar-refractivity contribution in [1.82, 2.24) is 5.32 Å². The number of aliphatic hydroxyl groups is 1. The summed E-state index contributed by atoms with van der Waals surface area (Å²) >= 11 is 0. The Balaban J connectivity index is 1.60. The van der Waals surface area contributed by atoms with Gasteiger partial charge in [0.15, 0.2) is 11.6 Å². The van der Waals surface area contributed by atoms with Crippen molar-refractivity contribution in [3.8, 4) is 5.75 Å². The molecule has 0 radical (unpaired) electrons. The summed E-state index contributed by atoms with van der Waals surface area (Å²) in [5, 5.41) is 15.5. The first-order chi connectivity index (χ1) is 21.4. The van der Waals surface area contributed by atoms with E-state index in [1.807, 2.05) is 30.3 Å². The molecule has 1 aliphatic heterocycles. The van der Waals surface area contributed by atoms with Gasteiger partial charge in [0.05, 0.1) is 6.61 Å². The van der Waals surface area contributed by atoms with Crippen LogP contribution in [0.4, 0.5) is 14.5 Å². The fourth-order valence-corrected chi connectivity index (χ4v) is 5.04. The molecule has 2 N–H and O–H groups in total. The monoisotopic (exact) mass is 597 g/mol. The van der Waals surface area contributed by atoms with Gasteiger partial charge in [-0.25, -0.2) is 13.8 Å². The lowest BCUT2D eigenvalue weighted by molar-refractivity contribution is -0.129. The topological polar surface area (TPSA) is 129 Å². The Kier molecular flexibility index (Phi) is 9.49. The van der Waals surface area contributed by atoms with Gasteiger partial charge in [-0.3, -0.25) is 4.79 Å². The molecule has 1 heterocycles. The second-order valence-corrected chi connectivity index (χ2v) is 10.1. The van der Waals surface area contributed by atoms with E-state index in [0.29, 0.717) is 29.9 Å². The second kappa shape index (κ2) is 13.8. The van der Waals surface area contributed by atoms with Crippen molar-refractivity contribution in [2.75, 3.05) is 13.2 Å². The number of aliphatic hydroxyl groups excluding tert-OH is 1. The standard InChI is InChI=1S/C33H29F2N5O4/c34-27-11-6-12-28(35)26(27)21-37-32(42)33(20-22-8-2-1-3-9-22)30(25-10-4-5-13-29(25)39-40-36)44-31(38-33)23-14-16-24(17-15-23)43-19-7-18-41/h1-6,8-17,30,41H,7,18-21H2,(H,37,42)/t30-,33-/m1/s1. The zero-order valence-corrected chi connectivity index (χ0v) is 23.6. The second-order valence-electron chi connectivity index (χ2n) is 10.1. The van der Waals surface area contributed by atoms with Gasteiger partial charge >= 0.3 is 0 Å². The minimum absolute atomic E-state index is 0.0105. The van der Waals surface area contributed by atoms with Gasteiger partial charge in [-0.15, -0.1) is 0 Å². The zero-order chi connectivity index (χ0) is 30.9. The number of benzene rings is 4. The molecule has 0 fully saturated rings. The van der Waals surface area contributed by atoms with Crippen LogP contribution < -0.4 is 10.1 Å². The predicted molar refractivity (Wildman–Crippen MR) is 160 cm³/mol. The van der Waals surface area contributed by atoms with Crippen LogP contribution in [0.5, 0.6) is 5.75 Å². The van der Waals surface area contributed by atoms with E-state index < -0.39 is 35.7 Å². The van der Waals surface area contributed by atoms with Crippen LogP contribution in [-0.4, -0.2) is 35.7 Å². The number of nitrogens with one attached hydrogen (secondary N) is 1. The van der Waals surface area contributed by atoms with Crippen LogP contribution in [0.25, 0.3) is 10.4 Å². The number of ether oxygens (including phenoxy) is 2. The van der Waals surface area contributed by atoms with Crippen LogP contribution in [0.1, 0.15) is 34.8 Å². The summed E-state index contributed by atoms with van der Waals surface area (Å²) in [6, 6.07) is 26.3. The van der Waals surface area contributed by atoms with Gasteiger partial charge in [0.25, 0.3) is 5.91 Å². The number of aliphatic imine (C=N–C) groups is 1. The molecule has 4 aromatic rings. The summed E-state index contributed by atoms with van der Waals surface area (Å²) in [7, 11) is 0. The maximum atomic E-state index is 14.5. The number of carbonyl (C=O) groups excluding carboxylic acids is 1. The Morgan fingerprint density at radius 3 is 2.41 bits per heavy atom.